The molecular weight excluding hydrogens is 226 g/mol. The number of hydroxylamine groups is 2. The fourth-order valence-corrected chi connectivity index (χ4v) is 2.76. The first-order valence-electron chi connectivity index (χ1n) is 6.99. The Hall–Kier alpha value is -0.120. The maximum absolute atomic E-state index is 12.3. The molecule has 1 unspecified atom stereocenters. The Morgan fingerprint density at radius 1 is 1.11 bits per heavy atom. The van der Waals surface area contributed by atoms with Gasteiger partial charge >= 0.3 is 0 Å². The fourth-order valence-electron chi connectivity index (χ4n) is 2.76. The van der Waals surface area contributed by atoms with Crippen molar-refractivity contribution in [3.05, 3.63) is 0 Å². The summed E-state index contributed by atoms with van der Waals surface area (Å²) in [6.07, 6.45) is 1.99. The molecule has 107 valence electrons. The summed E-state index contributed by atoms with van der Waals surface area (Å²) in [7, 11) is 0. The number of nitrogens with zero attached hydrogens (tertiary/aromatic N) is 1. The molecule has 0 aromatic heterocycles. The first-order chi connectivity index (χ1) is 7.86. The molecular formula is C15H30NO2. The molecule has 1 heterocycles. The zero-order valence-corrected chi connectivity index (χ0v) is 13.3. The highest BCUT2D eigenvalue weighted by Gasteiger charge is 2.47. The van der Waals surface area contributed by atoms with E-state index < -0.39 is 0 Å². The first-order valence-corrected chi connectivity index (χ1v) is 6.99. The fraction of sp³-hybridized carbons (Fsp3) is 1.00. The molecule has 1 radical (unpaired) electrons. The number of hydrogen-bond acceptors (Lipinski definition) is 2. The van der Waals surface area contributed by atoms with Crippen molar-refractivity contribution in [2.24, 2.45) is 5.41 Å². The summed E-state index contributed by atoms with van der Waals surface area (Å²) in [5.74, 6) is 0. The van der Waals surface area contributed by atoms with E-state index in [1.165, 1.54) is 5.06 Å². The first kappa shape index (κ1) is 15.9. The van der Waals surface area contributed by atoms with Crippen LogP contribution in [0.4, 0.5) is 0 Å². The van der Waals surface area contributed by atoms with Gasteiger partial charge in [0.05, 0.1) is 12.2 Å². The van der Waals surface area contributed by atoms with Crippen molar-refractivity contribution in [1.29, 1.82) is 0 Å². The monoisotopic (exact) mass is 256 g/mol. The molecule has 0 bridgehead atoms. The Kier molecular flexibility index (Phi) is 4.22. The normalized spacial score (nSPS) is 27.2. The zero-order chi connectivity index (χ0) is 14.4. The molecule has 0 aromatic rings. The highest BCUT2D eigenvalue weighted by atomic mass is 16.5. The van der Waals surface area contributed by atoms with E-state index in [-0.39, 0.29) is 28.7 Å². The van der Waals surface area contributed by atoms with E-state index in [4.69, 9.17) is 4.74 Å². The van der Waals surface area contributed by atoms with Gasteiger partial charge in [-0.3, -0.25) is 0 Å². The third-order valence-corrected chi connectivity index (χ3v) is 4.17. The van der Waals surface area contributed by atoms with Gasteiger partial charge < -0.3 is 4.74 Å². The van der Waals surface area contributed by atoms with Gasteiger partial charge in [-0.05, 0) is 52.9 Å². The summed E-state index contributed by atoms with van der Waals surface area (Å²) in [4.78, 5) is 0. The maximum Gasteiger partial charge on any atom is 0.0615 e. The minimum atomic E-state index is -0.343. The van der Waals surface area contributed by atoms with Crippen molar-refractivity contribution < 1.29 is 9.94 Å². The van der Waals surface area contributed by atoms with Gasteiger partial charge in [-0.25, -0.2) is 0 Å². The van der Waals surface area contributed by atoms with E-state index in [0.29, 0.717) is 0 Å². The molecule has 1 atom stereocenters. The molecule has 1 aliphatic rings. The Bertz CT molecular complexity index is 273. The van der Waals surface area contributed by atoms with Crippen molar-refractivity contribution in [2.45, 2.75) is 91.5 Å². The topological polar surface area (TPSA) is 32.4 Å². The Morgan fingerprint density at radius 2 is 1.50 bits per heavy atom. The van der Waals surface area contributed by atoms with Gasteiger partial charge in [0.1, 0.15) is 0 Å². The maximum atomic E-state index is 12.3. The van der Waals surface area contributed by atoms with Gasteiger partial charge in [0.2, 0.25) is 0 Å². The molecule has 0 saturated carbocycles. The lowest BCUT2D eigenvalue weighted by molar-refractivity contribution is -0.304. The number of hydrogen-bond donors (Lipinski definition) is 0. The molecule has 0 aliphatic carbocycles. The van der Waals surface area contributed by atoms with Crippen molar-refractivity contribution in [3.8, 4) is 0 Å². The van der Waals surface area contributed by atoms with Gasteiger partial charge in [-0.1, -0.05) is 20.8 Å². The van der Waals surface area contributed by atoms with Crippen LogP contribution in [-0.4, -0.2) is 28.3 Å². The van der Waals surface area contributed by atoms with Crippen LogP contribution in [0.3, 0.4) is 0 Å². The lowest BCUT2D eigenvalue weighted by Crippen LogP contribution is -2.60. The molecule has 1 fully saturated rings. The van der Waals surface area contributed by atoms with Gasteiger partial charge in [0.15, 0.2) is 0 Å². The number of ether oxygens (including phenoxy) is 1. The third-order valence-electron chi connectivity index (χ3n) is 4.17. The highest BCUT2D eigenvalue weighted by molar-refractivity contribution is 4.97. The van der Waals surface area contributed by atoms with Crippen LogP contribution in [0.5, 0.6) is 0 Å². The molecule has 1 rings (SSSR count). The van der Waals surface area contributed by atoms with Crippen molar-refractivity contribution in [2.75, 3.05) is 0 Å². The Labute approximate surface area is 112 Å². The molecule has 18 heavy (non-hydrogen) atoms. The van der Waals surface area contributed by atoms with Gasteiger partial charge in [-0.2, -0.15) is 0 Å². The average molecular weight is 256 g/mol. The van der Waals surface area contributed by atoms with Gasteiger partial charge in [0.25, 0.3) is 0 Å². The smallest absolute Gasteiger partial charge is 0.0615 e. The van der Waals surface area contributed by atoms with Crippen LogP contribution in [0.2, 0.25) is 0 Å². The molecule has 0 N–H and O–H groups in total. The summed E-state index contributed by atoms with van der Waals surface area (Å²) in [6.45, 7) is 16.8. The van der Waals surface area contributed by atoms with Crippen LogP contribution in [0, 0.1) is 5.41 Å². The largest absolute Gasteiger partial charge is 0.375 e. The van der Waals surface area contributed by atoms with Crippen LogP contribution in [0.15, 0.2) is 0 Å². The summed E-state index contributed by atoms with van der Waals surface area (Å²) in [5, 5.41) is 13.5. The number of piperidine rings is 1. The highest BCUT2D eigenvalue weighted by Crippen LogP contribution is 2.39. The summed E-state index contributed by atoms with van der Waals surface area (Å²) < 4.78 is 6.21. The minimum absolute atomic E-state index is 0.142. The summed E-state index contributed by atoms with van der Waals surface area (Å²) >= 11 is 0. The quantitative estimate of drug-likeness (QED) is 0.752. The number of rotatable bonds is 2. The lowest BCUT2D eigenvalue weighted by Gasteiger charge is -2.50. The molecule has 3 nitrogen and oxygen atoms in total. The molecule has 1 aliphatic heterocycles. The predicted molar refractivity (Wildman–Crippen MR) is 73.7 cm³/mol. The standard InChI is InChI=1S/C15H30NO2/c1-11(13(2,3)4)18-12-9-14(5,6)16(17)15(7,8)10-12/h11-12H,9-10H2,1-8H3. The summed E-state index contributed by atoms with van der Waals surface area (Å²) in [5.41, 5.74) is -0.545. The second-order valence-corrected chi connectivity index (χ2v) is 8.09. The molecule has 3 heteroatoms. The van der Waals surface area contributed by atoms with Crippen LogP contribution in [0.25, 0.3) is 0 Å². The zero-order valence-electron chi connectivity index (χ0n) is 13.3. The average Bonchev–Trinajstić information content (AvgIpc) is 2.11. The van der Waals surface area contributed by atoms with Crippen molar-refractivity contribution in [1.82, 2.24) is 5.06 Å². The van der Waals surface area contributed by atoms with Crippen molar-refractivity contribution in [3.63, 3.8) is 0 Å². The summed E-state index contributed by atoms with van der Waals surface area (Å²) in [6, 6.07) is 0. The second kappa shape index (κ2) is 4.77. The lowest BCUT2D eigenvalue weighted by atomic mass is 9.80. The molecule has 1 saturated heterocycles. The van der Waals surface area contributed by atoms with Crippen LogP contribution in [0.1, 0.15) is 68.2 Å². The third kappa shape index (κ3) is 3.46. The second-order valence-electron chi connectivity index (χ2n) is 8.09. The van der Waals surface area contributed by atoms with E-state index >= 15 is 0 Å². The molecule has 0 amide bonds. The van der Waals surface area contributed by atoms with Gasteiger partial charge in [0, 0.05) is 11.1 Å². The molecule has 0 aromatic carbocycles. The van der Waals surface area contributed by atoms with Crippen LogP contribution >= 0.6 is 0 Å². The predicted octanol–water partition coefficient (Wildman–Crippen LogP) is 3.80. The van der Waals surface area contributed by atoms with Crippen molar-refractivity contribution >= 4 is 0 Å². The van der Waals surface area contributed by atoms with E-state index in [1.807, 2.05) is 27.7 Å². The minimum Gasteiger partial charge on any atom is -0.375 e. The van der Waals surface area contributed by atoms with E-state index in [1.54, 1.807) is 0 Å². The van der Waals surface area contributed by atoms with E-state index in [9.17, 15) is 5.21 Å². The van der Waals surface area contributed by atoms with E-state index in [0.717, 1.165) is 12.8 Å². The van der Waals surface area contributed by atoms with E-state index in [2.05, 4.69) is 27.7 Å². The SMILES string of the molecule is CC(OC1CC(C)(C)N([O])C(C)(C)C1)C(C)(C)C. The molecule has 0 spiro atoms. The van der Waals surface area contributed by atoms with Gasteiger partial charge in [-0.15, -0.1) is 10.3 Å². The Balaban J connectivity index is 2.76. The van der Waals surface area contributed by atoms with Crippen LogP contribution in [-0.2, 0) is 9.94 Å². The Morgan fingerprint density at radius 3 is 1.83 bits per heavy atom. The van der Waals surface area contributed by atoms with Crippen LogP contribution < -0.4 is 0 Å².